The van der Waals surface area contributed by atoms with E-state index in [9.17, 15) is 18.3 Å². The highest BCUT2D eigenvalue weighted by molar-refractivity contribution is 5.43. The SMILES string of the molecule is OC(CNc1ccc(F)cc1)c1cc(F)ccc1F. The smallest absolute Gasteiger partial charge is 0.129 e. The molecule has 0 bridgehead atoms. The molecular formula is C14H12F3NO. The van der Waals surface area contributed by atoms with Crippen LogP contribution in [0.5, 0.6) is 0 Å². The number of hydrogen-bond donors (Lipinski definition) is 2. The molecular weight excluding hydrogens is 255 g/mol. The maximum atomic E-state index is 13.4. The number of nitrogens with one attached hydrogen (secondary N) is 1. The van der Waals surface area contributed by atoms with Gasteiger partial charge >= 0.3 is 0 Å². The lowest BCUT2D eigenvalue weighted by Gasteiger charge is -2.14. The monoisotopic (exact) mass is 267 g/mol. The highest BCUT2D eigenvalue weighted by Gasteiger charge is 2.13. The van der Waals surface area contributed by atoms with Crippen molar-refractivity contribution in [3.8, 4) is 0 Å². The van der Waals surface area contributed by atoms with Gasteiger partial charge in [-0.25, -0.2) is 13.2 Å². The van der Waals surface area contributed by atoms with Crippen LogP contribution in [-0.2, 0) is 0 Å². The molecule has 1 atom stereocenters. The summed E-state index contributed by atoms with van der Waals surface area (Å²) in [7, 11) is 0. The molecule has 0 aliphatic heterocycles. The molecule has 0 fully saturated rings. The van der Waals surface area contributed by atoms with Crippen LogP contribution in [0.15, 0.2) is 42.5 Å². The summed E-state index contributed by atoms with van der Waals surface area (Å²) >= 11 is 0. The van der Waals surface area contributed by atoms with Crippen molar-refractivity contribution in [1.29, 1.82) is 0 Å². The molecule has 2 nitrogen and oxygen atoms in total. The Labute approximate surface area is 108 Å². The van der Waals surface area contributed by atoms with Crippen molar-refractivity contribution in [2.75, 3.05) is 11.9 Å². The molecule has 19 heavy (non-hydrogen) atoms. The molecule has 0 aromatic heterocycles. The van der Waals surface area contributed by atoms with Gasteiger partial charge in [-0.2, -0.15) is 0 Å². The topological polar surface area (TPSA) is 32.3 Å². The predicted molar refractivity (Wildman–Crippen MR) is 66.2 cm³/mol. The van der Waals surface area contributed by atoms with E-state index < -0.39 is 17.7 Å². The van der Waals surface area contributed by atoms with Gasteiger partial charge in [0.25, 0.3) is 0 Å². The van der Waals surface area contributed by atoms with Crippen LogP contribution in [0.4, 0.5) is 18.9 Å². The van der Waals surface area contributed by atoms with Crippen molar-refractivity contribution in [3.05, 3.63) is 65.5 Å². The summed E-state index contributed by atoms with van der Waals surface area (Å²) in [6, 6.07) is 8.40. The van der Waals surface area contributed by atoms with Gasteiger partial charge in [0.1, 0.15) is 17.5 Å². The van der Waals surface area contributed by atoms with Crippen molar-refractivity contribution >= 4 is 5.69 Å². The molecule has 0 aliphatic carbocycles. The van der Waals surface area contributed by atoms with Crippen LogP contribution in [0.1, 0.15) is 11.7 Å². The first-order valence-electron chi connectivity index (χ1n) is 5.69. The normalized spacial score (nSPS) is 12.2. The third-order valence-electron chi connectivity index (χ3n) is 2.66. The van der Waals surface area contributed by atoms with E-state index in [2.05, 4.69) is 5.32 Å². The highest BCUT2D eigenvalue weighted by Crippen LogP contribution is 2.19. The Morgan fingerprint density at radius 1 is 0.947 bits per heavy atom. The predicted octanol–water partition coefficient (Wildman–Crippen LogP) is 3.25. The van der Waals surface area contributed by atoms with Gasteiger partial charge in [0, 0.05) is 17.8 Å². The fourth-order valence-electron chi connectivity index (χ4n) is 1.66. The fraction of sp³-hybridized carbons (Fsp3) is 0.143. The van der Waals surface area contributed by atoms with Gasteiger partial charge in [-0.05, 0) is 42.5 Å². The van der Waals surface area contributed by atoms with Gasteiger partial charge < -0.3 is 10.4 Å². The quantitative estimate of drug-likeness (QED) is 0.891. The standard InChI is InChI=1S/C14H12F3NO/c15-9-1-4-11(5-2-9)18-8-14(19)12-7-10(16)3-6-13(12)17/h1-7,14,18-19H,8H2. The molecule has 0 aliphatic rings. The summed E-state index contributed by atoms with van der Waals surface area (Å²) in [5, 5.41) is 12.6. The zero-order valence-electron chi connectivity index (χ0n) is 9.91. The van der Waals surface area contributed by atoms with E-state index in [1.807, 2.05) is 0 Å². The van der Waals surface area contributed by atoms with Gasteiger partial charge in [-0.15, -0.1) is 0 Å². The molecule has 0 spiro atoms. The van der Waals surface area contributed by atoms with Crippen LogP contribution in [0.2, 0.25) is 0 Å². The van der Waals surface area contributed by atoms with Crippen LogP contribution in [0.25, 0.3) is 0 Å². The molecule has 5 heteroatoms. The van der Waals surface area contributed by atoms with Crippen molar-refractivity contribution < 1.29 is 18.3 Å². The number of aliphatic hydroxyl groups excluding tert-OH is 1. The number of benzene rings is 2. The Morgan fingerprint density at radius 2 is 1.58 bits per heavy atom. The summed E-state index contributed by atoms with van der Waals surface area (Å²) < 4.78 is 39.0. The third kappa shape index (κ3) is 3.48. The average molecular weight is 267 g/mol. The minimum absolute atomic E-state index is 0.00793. The van der Waals surface area contributed by atoms with E-state index in [4.69, 9.17) is 0 Å². The molecule has 0 radical (unpaired) electrons. The second-order valence-electron chi connectivity index (χ2n) is 4.07. The zero-order valence-corrected chi connectivity index (χ0v) is 9.91. The fourth-order valence-corrected chi connectivity index (χ4v) is 1.66. The third-order valence-corrected chi connectivity index (χ3v) is 2.66. The largest absolute Gasteiger partial charge is 0.386 e. The summed E-state index contributed by atoms with van der Waals surface area (Å²) in [5.74, 6) is -1.66. The number of halogens is 3. The zero-order chi connectivity index (χ0) is 13.8. The molecule has 2 aromatic rings. The molecule has 1 unspecified atom stereocenters. The van der Waals surface area contributed by atoms with Crippen LogP contribution in [-0.4, -0.2) is 11.7 Å². The Hall–Kier alpha value is -2.01. The maximum Gasteiger partial charge on any atom is 0.129 e. The number of aliphatic hydroxyl groups is 1. The molecule has 0 heterocycles. The maximum absolute atomic E-state index is 13.4. The summed E-state index contributed by atoms with van der Waals surface area (Å²) in [5.41, 5.74) is 0.465. The second kappa shape index (κ2) is 5.75. The van der Waals surface area contributed by atoms with Gasteiger partial charge in [0.15, 0.2) is 0 Å². The minimum atomic E-state index is -1.19. The van der Waals surface area contributed by atoms with E-state index in [1.165, 1.54) is 24.3 Å². The lowest BCUT2D eigenvalue weighted by molar-refractivity contribution is 0.186. The Balaban J connectivity index is 2.03. The Kier molecular flexibility index (Phi) is 4.06. The number of anilines is 1. The molecule has 2 rings (SSSR count). The van der Waals surface area contributed by atoms with Crippen LogP contribution in [0.3, 0.4) is 0 Å². The van der Waals surface area contributed by atoms with Crippen molar-refractivity contribution in [1.82, 2.24) is 0 Å². The van der Waals surface area contributed by atoms with E-state index in [1.54, 1.807) is 0 Å². The average Bonchev–Trinajstić information content (AvgIpc) is 2.40. The summed E-state index contributed by atoms with van der Waals surface area (Å²) in [4.78, 5) is 0. The van der Waals surface area contributed by atoms with E-state index in [-0.39, 0.29) is 17.9 Å². The van der Waals surface area contributed by atoms with Crippen LogP contribution >= 0.6 is 0 Å². The molecule has 0 saturated carbocycles. The van der Waals surface area contributed by atoms with Crippen molar-refractivity contribution in [3.63, 3.8) is 0 Å². The van der Waals surface area contributed by atoms with E-state index in [0.717, 1.165) is 18.2 Å². The molecule has 0 amide bonds. The van der Waals surface area contributed by atoms with Crippen LogP contribution in [0, 0.1) is 17.5 Å². The van der Waals surface area contributed by atoms with Crippen molar-refractivity contribution in [2.24, 2.45) is 0 Å². The Morgan fingerprint density at radius 3 is 2.26 bits per heavy atom. The van der Waals surface area contributed by atoms with E-state index >= 15 is 0 Å². The number of rotatable bonds is 4. The lowest BCUT2D eigenvalue weighted by atomic mass is 10.1. The minimum Gasteiger partial charge on any atom is -0.386 e. The number of hydrogen-bond acceptors (Lipinski definition) is 2. The molecule has 2 aromatic carbocycles. The molecule has 100 valence electrons. The first-order valence-corrected chi connectivity index (χ1v) is 5.69. The molecule has 0 saturated heterocycles. The van der Waals surface area contributed by atoms with Crippen molar-refractivity contribution in [2.45, 2.75) is 6.10 Å². The highest BCUT2D eigenvalue weighted by atomic mass is 19.1. The Bertz CT molecular complexity index is 557. The van der Waals surface area contributed by atoms with Gasteiger partial charge in [0.05, 0.1) is 6.10 Å². The van der Waals surface area contributed by atoms with Crippen LogP contribution < -0.4 is 5.32 Å². The van der Waals surface area contributed by atoms with Gasteiger partial charge in [-0.3, -0.25) is 0 Å². The lowest BCUT2D eigenvalue weighted by Crippen LogP contribution is -2.13. The van der Waals surface area contributed by atoms with E-state index in [0.29, 0.717) is 5.69 Å². The van der Waals surface area contributed by atoms with Gasteiger partial charge in [0.2, 0.25) is 0 Å². The first-order chi connectivity index (χ1) is 9.06. The first kappa shape index (κ1) is 13.4. The van der Waals surface area contributed by atoms with Gasteiger partial charge in [-0.1, -0.05) is 0 Å². The summed E-state index contributed by atoms with van der Waals surface area (Å²) in [6.45, 7) is -0.00793. The second-order valence-corrected chi connectivity index (χ2v) is 4.07. The summed E-state index contributed by atoms with van der Waals surface area (Å²) in [6.07, 6.45) is -1.19. The molecule has 2 N–H and O–H groups in total.